The Balaban J connectivity index is 2.43. The number of carbonyl (C=O) groups is 1. The van der Waals surface area contributed by atoms with Crippen molar-refractivity contribution in [1.29, 1.82) is 0 Å². The van der Waals surface area contributed by atoms with Gasteiger partial charge in [0.1, 0.15) is 5.56 Å². The van der Waals surface area contributed by atoms with E-state index in [2.05, 4.69) is 4.98 Å². The van der Waals surface area contributed by atoms with Crippen molar-refractivity contribution < 1.29 is 18.7 Å². The zero-order chi connectivity index (χ0) is 14.0. The van der Waals surface area contributed by atoms with Crippen LogP contribution in [0.2, 0.25) is 0 Å². The van der Waals surface area contributed by atoms with Crippen molar-refractivity contribution in [2.24, 2.45) is 0 Å². The number of aromatic amines is 1. The molecule has 0 saturated carbocycles. The molecule has 6 heteroatoms. The highest BCUT2D eigenvalue weighted by atomic mass is 19.2. The summed E-state index contributed by atoms with van der Waals surface area (Å²) in [6, 6.07) is 4.69. The lowest BCUT2D eigenvalue weighted by atomic mass is 10.0. The number of aromatic nitrogens is 1. The first kappa shape index (κ1) is 12.9. The summed E-state index contributed by atoms with van der Waals surface area (Å²) in [6.07, 6.45) is 1.34. The SMILES string of the molecule is O=C(O)c1c(Cc2ccc(F)c(F)c2)cc[nH]c1=O. The second-order valence-electron chi connectivity index (χ2n) is 3.94. The summed E-state index contributed by atoms with van der Waals surface area (Å²) in [7, 11) is 0. The maximum atomic E-state index is 13.1. The number of carboxylic acid groups (broad SMARTS) is 1. The van der Waals surface area contributed by atoms with Crippen molar-refractivity contribution in [2.45, 2.75) is 6.42 Å². The number of nitrogens with one attached hydrogen (secondary N) is 1. The largest absolute Gasteiger partial charge is 0.477 e. The minimum absolute atomic E-state index is 0.0305. The molecule has 1 heterocycles. The standard InChI is InChI=1S/C13H9F2NO3/c14-9-2-1-7(6-10(9)15)5-8-3-4-16-12(17)11(8)13(18)19/h1-4,6H,5H2,(H,16,17)(H,18,19). The zero-order valence-electron chi connectivity index (χ0n) is 9.61. The van der Waals surface area contributed by atoms with Gasteiger partial charge in [-0.1, -0.05) is 6.07 Å². The van der Waals surface area contributed by atoms with E-state index in [0.29, 0.717) is 5.56 Å². The lowest BCUT2D eigenvalue weighted by Gasteiger charge is -2.05. The molecular formula is C13H9F2NO3. The van der Waals surface area contributed by atoms with Crippen LogP contribution >= 0.6 is 0 Å². The average Bonchev–Trinajstić information content (AvgIpc) is 2.33. The maximum Gasteiger partial charge on any atom is 0.341 e. The lowest BCUT2D eigenvalue weighted by Crippen LogP contribution is -2.20. The van der Waals surface area contributed by atoms with Crippen LogP contribution in [0.15, 0.2) is 35.3 Å². The van der Waals surface area contributed by atoms with Gasteiger partial charge in [-0.05, 0) is 35.7 Å². The second kappa shape index (κ2) is 5.01. The topological polar surface area (TPSA) is 70.2 Å². The highest BCUT2D eigenvalue weighted by Crippen LogP contribution is 2.14. The molecule has 0 unspecified atom stereocenters. The normalized spacial score (nSPS) is 10.4. The van der Waals surface area contributed by atoms with Gasteiger partial charge in [0.05, 0.1) is 0 Å². The summed E-state index contributed by atoms with van der Waals surface area (Å²) in [5.74, 6) is -3.35. The molecular weight excluding hydrogens is 256 g/mol. The van der Waals surface area contributed by atoms with Crippen molar-refractivity contribution in [3.8, 4) is 0 Å². The molecule has 0 amide bonds. The first-order valence-corrected chi connectivity index (χ1v) is 5.37. The number of hydrogen-bond donors (Lipinski definition) is 2. The van der Waals surface area contributed by atoms with Gasteiger partial charge >= 0.3 is 5.97 Å². The molecule has 0 bridgehead atoms. The smallest absolute Gasteiger partial charge is 0.341 e. The molecule has 0 atom stereocenters. The molecule has 0 saturated heterocycles. The molecule has 0 spiro atoms. The highest BCUT2D eigenvalue weighted by molar-refractivity contribution is 5.88. The van der Waals surface area contributed by atoms with E-state index >= 15 is 0 Å². The Morgan fingerprint density at radius 1 is 1.21 bits per heavy atom. The predicted molar refractivity (Wildman–Crippen MR) is 63.2 cm³/mol. The van der Waals surface area contributed by atoms with Crippen LogP contribution < -0.4 is 5.56 Å². The molecule has 0 aliphatic heterocycles. The van der Waals surface area contributed by atoms with Gasteiger partial charge in [0.25, 0.3) is 5.56 Å². The van der Waals surface area contributed by atoms with E-state index < -0.39 is 28.7 Å². The molecule has 0 radical (unpaired) electrons. The van der Waals surface area contributed by atoms with E-state index in [0.717, 1.165) is 12.1 Å². The van der Waals surface area contributed by atoms with E-state index in [4.69, 9.17) is 5.11 Å². The van der Waals surface area contributed by atoms with Crippen LogP contribution in [0.3, 0.4) is 0 Å². The van der Waals surface area contributed by atoms with Gasteiger partial charge in [0.2, 0.25) is 0 Å². The Morgan fingerprint density at radius 3 is 2.58 bits per heavy atom. The van der Waals surface area contributed by atoms with Crippen LogP contribution in [0.25, 0.3) is 0 Å². The monoisotopic (exact) mass is 265 g/mol. The van der Waals surface area contributed by atoms with Gasteiger partial charge < -0.3 is 10.1 Å². The number of rotatable bonds is 3. The molecule has 2 N–H and O–H groups in total. The third-order valence-corrected chi connectivity index (χ3v) is 2.64. The summed E-state index contributed by atoms with van der Waals surface area (Å²) >= 11 is 0. The van der Waals surface area contributed by atoms with Gasteiger partial charge in [-0.2, -0.15) is 0 Å². The van der Waals surface area contributed by atoms with Crippen LogP contribution in [-0.4, -0.2) is 16.1 Å². The number of H-pyrrole nitrogens is 1. The van der Waals surface area contributed by atoms with Gasteiger partial charge in [-0.3, -0.25) is 4.79 Å². The highest BCUT2D eigenvalue weighted by Gasteiger charge is 2.15. The number of halogens is 2. The van der Waals surface area contributed by atoms with Crippen LogP contribution in [0, 0.1) is 11.6 Å². The molecule has 19 heavy (non-hydrogen) atoms. The second-order valence-corrected chi connectivity index (χ2v) is 3.94. The Hall–Kier alpha value is -2.50. The minimum atomic E-state index is -1.36. The van der Waals surface area contributed by atoms with Gasteiger partial charge in [-0.15, -0.1) is 0 Å². The molecule has 4 nitrogen and oxygen atoms in total. The molecule has 0 fully saturated rings. The van der Waals surface area contributed by atoms with E-state index in [1.807, 2.05) is 0 Å². The first-order valence-electron chi connectivity index (χ1n) is 5.37. The Bertz CT molecular complexity index is 695. The summed E-state index contributed by atoms with van der Waals surface area (Å²) in [4.78, 5) is 24.7. The Kier molecular flexibility index (Phi) is 3.41. The molecule has 0 aliphatic rings. The van der Waals surface area contributed by atoms with Gasteiger partial charge in [0.15, 0.2) is 11.6 Å². The number of hydrogen-bond acceptors (Lipinski definition) is 2. The van der Waals surface area contributed by atoms with Crippen LogP contribution in [0.4, 0.5) is 8.78 Å². The summed E-state index contributed by atoms with van der Waals surface area (Å²) < 4.78 is 25.8. The van der Waals surface area contributed by atoms with Crippen LogP contribution in [0.5, 0.6) is 0 Å². The molecule has 0 aliphatic carbocycles. The average molecular weight is 265 g/mol. The fraction of sp³-hybridized carbons (Fsp3) is 0.0769. The summed E-state index contributed by atoms with van der Waals surface area (Å²) in [5.41, 5.74) is -0.505. The molecule has 2 rings (SSSR count). The maximum absolute atomic E-state index is 13.1. The van der Waals surface area contributed by atoms with Gasteiger partial charge in [-0.25, -0.2) is 13.6 Å². The molecule has 1 aromatic heterocycles. The quantitative estimate of drug-likeness (QED) is 0.891. The van der Waals surface area contributed by atoms with Crippen molar-refractivity contribution in [3.05, 3.63) is 69.1 Å². The zero-order valence-corrected chi connectivity index (χ0v) is 9.61. The van der Waals surface area contributed by atoms with E-state index in [-0.39, 0.29) is 12.0 Å². The summed E-state index contributed by atoms with van der Waals surface area (Å²) in [5, 5.41) is 8.97. The third-order valence-electron chi connectivity index (χ3n) is 2.64. The van der Waals surface area contributed by atoms with Crippen molar-refractivity contribution in [1.82, 2.24) is 4.98 Å². The fourth-order valence-corrected chi connectivity index (χ4v) is 1.77. The lowest BCUT2D eigenvalue weighted by molar-refractivity contribution is 0.0694. The van der Waals surface area contributed by atoms with Crippen molar-refractivity contribution >= 4 is 5.97 Å². The number of pyridine rings is 1. The number of benzene rings is 1. The van der Waals surface area contributed by atoms with E-state index in [9.17, 15) is 18.4 Å². The number of carboxylic acids is 1. The molecule has 2 aromatic rings. The Labute approximate surface area is 106 Å². The predicted octanol–water partition coefficient (Wildman–Crippen LogP) is 1.94. The van der Waals surface area contributed by atoms with E-state index in [1.54, 1.807) is 0 Å². The van der Waals surface area contributed by atoms with Crippen molar-refractivity contribution in [2.75, 3.05) is 0 Å². The third kappa shape index (κ3) is 2.67. The summed E-state index contributed by atoms with van der Waals surface area (Å²) in [6.45, 7) is 0. The van der Waals surface area contributed by atoms with Crippen molar-refractivity contribution in [3.63, 3.8) is 0 Å². The van der Waals surface area contributed by atoms with Crippen LogP contribution in [0.1, 0.15) is 21.5 Å². The van der Waals surface area contributed by atoms with Crippen LogP contribution in [-0.2, 0) is 6.42 Å². The minimum Gasteiger partial charge on any atom is -0.477 e. The molecule has 1 aromatic carbocycles. The fourth-order valence-electron chi connectivity index (χ4n) is 1.77. The first-order chi connectivity index (χ1) is 8.99. The Morgan fingerprint density at radius 2 is 1.95 bits per heavy atom. The van der Waals surface area contributed by atoms with Gasteiger partial charge in [0, 0.05) is 6.20 Å². The molecule has 98 valence electrons. The number of aromatic carboxylic acids is 1. The van der Waals surface area contributed by atoms with E-state index in [1.165, 1.54) is 18.3 Å².